The summed E-state index contributed by atoms with van der Waals surface area (Å²) in [6, 6.07) is 14.2. The van der Waals surface area contributed by atoms with E-state index < -0.39 is 0 Å². The number of methoxy groups -OCH3 is 1. The Bertz CT molecular complexity index is 687. The lowest BCUT2D eigenvalue weighted by Gasteiger charge is -2.13. The van der Waals surface area contributed by atoms with Crippen LogP contribution in [0.4, 0.5) is 5.69 Å². The van der Waals surface area contributed by atoms with Crippen molar-refractivity contribution in [1.29, 1.82) is 0 Å². The number of carbonyl (C=O) groups excluding carboxylic acids is 1. The number of nitrogens with one attached hydrogen (secondary N) is 3. The van der Waals surface area contributed by atoms with Gasteiger partial charge < -0.3 is 15.2 Å². The Morgan fingerprint density at radius 2 is 1.91 bits per heavy atom. The summed E-state index contributed by atoms with van der Waals surface area (Å²) in [6.07, 6.45) is 0. The van der Waals surface area contributed by atoms with Gasteiger partial charge in [0.2, 0.25) is 0 Å². The number of phenolic OH excluding ortho intramolecular Hbond substituents is 1. The van der Waals surface area contributed by atoms with Gasteiger partial charge in [0, 0.05) is 17.3 Å². The summed E-state index contributed by atoms with van der Waals surface area (Å²) >= 11 is 0. The molecule has 0 saturated heterocycles. The summed E-state index contributed by atoms with van der Waals surface area (Å²) in [7, 11) is 1.52. The minimum atomic E-state index is -0.261. The molecule has 1 amide bonds. The lowest BCUT2D eigenvalue weighted by atomic mass is 10.1. The molecule has 0 aromatic heterocycles. The van der Waals surface area contributed by atoms with Gasteiger partial charge in [-0.2, -0.15) is 0 Å². The first-order valence-corrected chi connectivity index (χ1v) is 7.00. The quantitative estimate of drug-likeness (QED) is 0.589. The molecule has 0 bridgehead atoms. The van der Waals surface area contributed by atoms with Crippen LogP contribution in [0.3, 0.4) is 0 Å². The van der Waals surface area contributed by atoms with E-state index in [2.05, 4.69) is 22.7 Å². The second-order valence-corrected chi connectivity index (χ2v) is 4.75. The first-order chi connectivity index (χ1) is 11.1. The predicted molar refractivity (Wildman–Crippen MR) is 89.9 cm³/mol. The van der Waals surface area contributed by atoms with E-state index in [0.29, 0.717) is 17.0 Å². The van der Waals surface area contributed by atoms with Crippen molar-refractivity contribution >= 4 is 17.3 Å². The molecule has 0 radical (unpaired) electrons. The molecule has 0 unspecified atom stereocenters. The summed E-state index contributed by atoms with van der Waals surface area (Å²) in [5.74, 6) is 0.289. The second-order valence-electron chi connectivity index (χ2n) is 4.75. The summed E-state index contributed by atoms with van der Waals surface area (Å²) < 4.78 is 5.01. The van der Waals surface area contributed by atoms with Crippen molar-refractivity contribution in [3.05, 3.63) is 60.7 Å². The van der Waals surface area contributed by atoms with Crippen LogP contribution in [0, 0.1) is 0 Å². The van der Waals surface area contributed by atoms with Crippen molar-refractivity contribution in [2.45, 2.75) is 0 Å². The molecule has 0 fully saturated rings. The van der Waals surface area contributed by atoms with Gasteiger partial charge in [-0.1, -0.05) is 24.8 Å². The highest BCUT2D eigenvalue weighted by Crippen LogP contribution is 2.26. The number of hydrogen-bond acceptors (Lipinski definition) is 5. The third-order valence-corrected chi connectivity index (χ3v) is 3.11. The van der Waals surface area contributed by atoms with E-state index in [-0.39, 0.29) is 18.2 Å². The highest BCUT2D eigenvalue weighted by molar-refractivity contribution is 5.81. The van der Waals surface area contributed by atoms with Crippen LogP contribution in [0.5, 0.6) is 11.5 Å². The maximum absolute atomic E-state index is 11.8. The van der Waals surface area contributed by atoms with Crippen LogP contribution in [0.15, 0.2) is 55.1 Å². The summed E-state index contributed by atoms with van der Waals surface area (Å²) in [4.78, 5) is 11.8. The Labute approximate surface area is 134 Å². The number of ether oxygens (including phenoxy) is 1. The average Bonchev–Trinajstić information content (AvgIpc) is 2.58. The molecule has 6 heteroatoms. The Kier molecular flexibility index (Phi) is 5.46. The zero-order valence-electron chi connectivity index (χ0n) is 12.8. The Morgan fingerprint density at radius 1 is 1.17 bits per heavy atom. The molecule has 0 aliphatic heterocycles. The van der Waals surface area contributed by atoms with Gasteiger partial charge in [0.05, 0.1) is 19.4 Å². The smallest absolute Gasteiger partial charge is 0.257 e. The predicted octanol–water partition coefficient (Wildman–Crippen LogP) is 2.10. The number of anilines is 1. The maximum Gasteiger partial charge on any atom is 0.257 e. The highest BCUT2D eigenvalue weighted by Gasteiger charge is 2.08. The maximum atomic E-state index is 11.8. The second kappa shape index (κ2) is 7.74. The fraction of sp³-hybridized carbons (Fsp3) is 0.118. The standard InChI is InChI=1S/C17H19N3O3/c1-12(15-9-8-14(23-2)10-16(15)21)19-20-17(22)11-18-13-6-4-3-5-7-13/h3-10,18-19,21H,1,11H2,2H3,(H,20,22). The van der Waals surface area contributed by atoms with Crippen molar-refractivity contribution in [3.63, 3.8) is 0 Å². The molecule has 2 rings (SSSR count). The van der Waals surface area contributed by atoms with Crippen molar-refractivity contribution < 1.29 is 14.6 Å². The minimum Gasteiger partial charge on any atom is -0.507 e. The van der Waals surface area contributed by atoms with Crippen LogP contribution >= 0.6 is 0 Å². The molecular weight excluding hydrogens is 294 g/mol. The van der Waals surface area contributed by atoms with Crippen molar-refractivity contribution in [1.82, 2.24) is 10.9 Å². The van der Waals surface area contributed by atoms with Gasteiger partial charge in [0.1, 0.15) is 11.5 Å². The van der Waals surface area contributed by atoms with E-state index in [1.54, 1.807) is 12.1 Å². The van der Waals surface area contributed by atoms with Crippen LogP contribution in [-0.4, -0.2) is 24.7 Å². The molecule has 0 spiro atoms. The highest BCUT2D eigenvalue weighted by atomic mass is 16.5. The fourth-order valence-corrected chi connectivity index (χ4v) is 1.89. The van der Waals surface area contributed by atoms with Gasteiger partial charge in [-0.15, -0.1) is 0 Å². The molecule has 23 heavy (non-hydrogen) atoms. The van der Waals surface area contributed by atoms with E-state index >= 15 is 0 Å². The van der Waals surface area contributed by atoms with Gasteiger partial charge in [-0.3, -0.25) is 15.6 Å². The van der Waals surface area contributed by atoms with E-state index in [1.807, 2.05) is 30.3 Å². The molecular formula is C17H19N3O3. The van der Waals surface area contributed by atoms with Crippen LogP contribution in [-0.2, 0) is 4.79 Å². The van der Waals surface area contributed by atoms with Crippen LogP contribution < -0.4 is 20.9 Å². The SMILES string of the molecule is C=C(NNC(=O)CNc1ccccc1)c1ccc(OC)cc1O. The molecule has 0 atom stereocenters. The number of hydrazine groups is 1. The van der Waals surface area contributed by atoms with Crippen LogP contribution in [0.2, 0.25) is 0 Å². The van der Waals surface area contributed by atoms with Gasteiger partial charge in [-0.05, 0) is 24.3 Å². The number of para-hydroxylation sites is 1. The van der Waals surface area contributed by atoms with Gasteiger partial charge in [-0.25, -0.2) is 0 Å². The Morgan fingerprint density at radius 3 is 2.57 bits per heavy atom. The van der Waals surface area contributed by atoms with E-state index in [1.165, 1.54) is 13.2 Å². The lowest BCUT2D eigenvalue weighted by molar-refractivity contribution is -0.120. The average molecular weight is 313 g/mol. The summed E-state index contributed by atoms with van der Waals surface area (Å²) in [5.41, 5.74) is 6.90. The van der Waals surface area contributed by atoms with Gasteiger partial charge >= 0.3 is 0 Å². The Balaban J connectivity index is 1.83. The third-order valence-electron chi connectivity index (χ3n) is 3.11. The normalized spacial score (nSPS) is 9.78. The van der Waals surface area contributed by atoms with Crippen LogP contribution in [0.1, 0.15) is 5.56 Å². The molecule has 0 aliphatic rings. The number of carbonyl (C=O) groups is 1. The zero-order chi connectivity index (χ0) is 16.7. The van der Waals surface area contributed by atoms with Crippen molar-refractivity contribution in [3.8, 4) is 11.5 Å². The van der Waals surface area contributed by atoms with E-state index in [0.717, 1.165) is 5.69 Å². The molecule has 2 aromatic rings. The van der Waals surface area contributed by atoms with Gasteiger partial charge in [0.25, 0.3) is 5.91 Å². The monoisotopic (exact) mass is 313 g/mol. The third kappa shape index (κ3) is 4.67. The zero-order valence-corrected chi connectivity index (χ0v) is 12.8. The number of aromatic hydroxyl groups is 1. The molecule has 2 aromatic carbocycles. The van der Waals surface area contributed by atoms with Gasteiger partial charge in [0.15, 0.2) is 0 Å². The topological polar surface area (TPSA) is 82.6 Å². The fourth-order valence-electron chi connectivity index (χ4n) is 1.89. The first-order valence-electron chi connectivity index (χ1n) is 7.00. The number of hydrogen-bond donors (Lipinski definition) is 4. The van der Waals surface area contributed by atoms with E-state index in [9.17, 15) is 9.90 Å². The number of rotatable bonds is 7. The molecule has 0 saturated carbocycles. The molecule has 0 aliphatic carbocycles. The van der Waals surface area contributed by atoms with Crippen molar-refractivity contribution in [2.24, 2.45) is 0 Å². The first kappa shape index (κ1) is 16.2. The summed E-state index contributed by atoms with van der Waals surface area (Å²) in [6.45, 7) is 3.89. The Hall–Kier alpha value is -3.15. The molecule has 6 nitrogen and oxygen atoms in total. The minimum absolute atomic E-state index is 0.0125. The van der Waals surface area contributed by atoms with Crippen LogP contribution in [0.25, 0.3) is 5.70 Å². The van der Waals surface area contributed by atoms with Crippen molar-refractivity contribution in [2.75, 3.05) is 19.0 Å². The number of phenols is 1. The number of benzene rings is 2. The molecule has 120 valence electrons. The lowest BCUT2D eigenvalue weighted by Crippen LogP contribution is -2.39. The number of amides is 1. The molecule has 4 N–H and O–H groups in total. The largest absolute Gasteiger partial charge is 0.507 e. The molecule has 0 heterocycles. The van der Waals surface area contributed by atoms with E-state index in [4.69, 9.17) is 4.74 Å². The summed E-state index contributed by atoms with van der Waals surface area (Å²) in [5, 5.41) is 12.9.